The van der Waals surface area contributed by atoms with E-state index in [9.17, 15) is 0 Å². The maximum Gasteiger partial charge on any atom is 0.0705 e. The van der Waals surface area contributed by atoms with Crippen molar-refractivity contribution in [3.8, 4) is 0 Å². The summed E-state index contributed by atoms with van der Waals surface area (Å²) >= 11 is 0. The predicted molar refractivity (Wildman–Crippen MR) is 82.5 cm³/mol. The molecule has 2 heterocycles. The van der Waals surface area contributed by atoms with E-state index in [0.717, 1.165) is 31.7 Å². The third-order valence-corrected chi connectivity index (χ3v) is 4.19. The standard InChI is InChI=1S/C16H22N4/c1-19-8-9-20(14(10-17)12-19)11-13-6-7-18-16-5-3-2-4-15(13)16/h2-7,14H,8-12,17H2,1H3. The number of benzene rings is 1. The van der Waals surface area contributed by atoms with Crippen molar-refractivity contribution in [2.45, 2.75) is 12.6 Å². The topological polar surface area (TPSA) is 45.4 Å². The summed E-state index contributed by atoms with van der Waals surface area (Å²) in [6.45, 7) is 4.92. The Kier molecular flexibility index (Phi) is 3.96. The lowest BCUT2D eigenvalue weighted by Crippen LogP contribution is -2.54. The lowest BCUT2D eigenvalue weighted by Gasteiger charge is -2.39. The van der Waals surface area contributed by atoms with Gasteiger partial charge in [-0.3, -0.25) is 9.88 Å². The first kappa shape index (κ1) is 13.5. The Bertz CT molecular complexity index is 578. The molecule has 1 fully saturated rings. The highest BCUT2D eigenvalue weighted by molar-refractivity contribution is 5.81. The highest BCUT2D eigenvalue weighted by atomic mass is 15.3. The van der Waals surface area contributed by atoms with Gasteiger partial charge in [0, 0.05) is 50.3 Å². The maximum absolute atomic E-state index is 5.94. The van der Waals surface area contributed by atoms with Gasteiger partial charge in [-0.2, -0.15) is 0 Å². The second-order valence-corrected chi connectivity index (χ2v) is 5.61. The summed E-state index contributed by atoms with van der Waals surface area (Å²) in [6.07, 6.45) is 1.91. The van der Waals surface area contributed by atoms with E-state index in [1.165, 1.54) is 10.9 Å². The van der Waals surface area contributed by atoms with Crippen LogP contribution in [0.15, 0.2) is 36.5 Å². The van der Waals surface area contributed by atoms with Crippen LogP contribution in [0.2, 0.25) is 0 Å². The average Bonchev–Trinajstić information content (AvgIpc) is 2.49. The zero-order chi connectivity index (χ0) is 13.9. The summed E-state index contributed by atoms with van der Waals surface area (Å²) in [7, 11) is 2.17. The van der Waals surface area contributed by atoms with Gasteiger partial charge in [-0.1, -0.05) is 18.2 Å². The molecule has 0 bridgehead atoms. The fourth-order valence-corrected chi connectivity index (χ4v) is 2.99. The number of nitrogens with zero attached hydrogens (tertiary/aromatic N) is 3. The van der Waals surface area contributed by atoms with Crippen LogP contribution in [-0.2, 0) is 6.54 Å². The van der Waals surface area contributed by atoms with Crippen molar-refractivity contribution in [3.05, 3.63) is 42.1 Å². The van der Waals surface area contributed by atoms with Crippen LogP contribution >= 0.6 is 0 Å². The molecule has 2 aromatic rings. The third kappa shape index (κ3) is 2.68. The van der Waals surface area contributed by atoms with Gasteiger partial charge in [-0.15, -0.1) is 0 Å². The minimum Gasteiger partial charge on any atom is -0.329 e. The van der Waals surface area contributed by atoms with Crippen LogP contribution in [-0.4, -0.2) is 54.1 Å². The highest BCUT2D eigenvalue weighted by Crippen LogP contribution is 2.20. The number of likely N-dealkylation sites (N-methyl/N-ethyl adjacent to an activating group) is 1. The van der Waals surface area contributed by atoms with Crippen molar-refractivity contribution in [2.24, 2.45) is 5.73 Å². The van der Waals surface area contributed by atoms with E-state index in [4.69, 9.17) is 5.73 Å². The normalized spacial score (nSPS) is 21.4. The van der Waals surface area contributed by atoms with Crippen LogP contribution in [0.25, 0.3) is 10.9 Å². The molecule has 1 aromatic heterocycles. The van der Waals surface area contributed by atoms with Gasteiger partial charge in [-0.25, -0.2) is 0 Å². The van der Waals surface area contributed by atoms with Gasteiger partial charge in [0.1, 0.15) is 0 Å². The number of fused-ring (bicyclic) bond motifs is 1. The Morgan fingerprint density at radius 1 is 1.25 bits per heavy atom. The molecule has 1 aromatic carbocycles. The molecule has 0 spiro atoms. The van der Waals surface area contributed by atoms with E-state index >= 15 is 0 Å². The lowest BCUT2D eigenvalue weighted by molar-refractivity contribution is 0.0884. The molecular formula is C16H22N4. The largest absolute Gasteiger partial charge is 0.329 e. The van der Waals surface area contributed by atoms with Crippen LogP contribution in [0, 0.1) is 0 Å². The van der Waals surface area contributed by atoms with Crippen LogP contribution in [0.4, 0.5) is 0 Å². The molecule has 0 saturated carbocycles. The van der Waals surface area contributed by atoms with Crippen molar-refractivity contribution in [2.75, 3.05) is 33.2 Å². The fraction of sp³-hybridized carbons (Fsp3) is 0.438. The minimum absolute atomic E-state index is 0.445. The first-order chi connectivity index (χ1) is 9.78. The number of aromatic nitrogens is 1. The van der Waals surface area contributed by atoms with Crippen LogP contribution in [0.3, 0.4) is 0 Å². The van der Waals surface area contributed by atoms with Crippen molar-refractivity contribution in [1.29, 1.82) is 0 Å². The fourth-order valence-electron chi connectivity index (χ4n) is 2.99. The Morgan fingerprint density at radius 3 is 2.95 bits per heavy atom. The summed E-state index contributed by atoms with van der Waals surface area (Å²) in [4.78, 5) is 9.30. The van der Waals surface area contributed by atoms with Gasteiger partial charge >= 0.3 is 0 Å². The van der Waals surface area contributed by atoms with Gasteiger partial charge < -0.3 is 10.6 Å². The second kappa shape index (κ2) is 5.87. The van der Waals surface area contributed by atoms with Crippen LogP contribution in [0.5, 0.6) is 0 Å². The molecule has 20 heavy (non-hydrogen) atoms. The summed E-state index contributed by atoms with van der Waals surface area (Å²) in [5, 5.41) is 1.25. The Hall–Kier alpha value is -1.49. The third-order valence-electron chi connectivity index (χ3n) is 4.19. The molecule has 1 aliphatic rings. The van der Waals surface area contributed by atoms with Gasteiger partial charge in [0.05, 0.1) is 5.52 Å². The van der Waals surface area contributed by atoms with Crippen LogP contribution < -0.4 is 5.73 Å². The van der Waals surface area contributed by atoms with E-state index in [-0.39, 0.29) is 0 Å². The highest BCUT2D eigenvalue weighted by Gasteiger charge is 2.24. The lowest BCUT2D eigenvalue weighted by atomic mass is 10.1. The molecule has 2 N–H and O–H groups in total. The molecule has 1 atom stereocenters. The van der Waals surface area contributed by atoms with Gasteiger partial charge in [0.15, 0.2) is 0 Å². The second-order valence-electron chi connectivity index (χ2n) is 5.61. The number of para-hydroxylation sites is 1. The van der Waals surface area contributed by atoms with E-state index < -0.39 is 0 Å². The number of piperazine rings is 1. The maximum atomic E-state index is 5.94. The van der Waals surface area contributed by atoms with E-state index in [1.54, 1.807) is 0 Å². The molecule has 4 nitrogen and oxygen atoms in total. The summed E-state index contributed by atoms with van der Waals surface area (Å²) in [5.41, 5.74) is 8.36. The molecule has 0 aliphatic carbocycles. The first-order valence-electron chi connectivity index (χ1n) is 7.23. The number of rotatable bonds is 3. The molecule has 1 saturated heterocycles. The number of hydrogen-bond donors (Lipinski definition) is 1. The molecule has 1 unspecified atom stereocenters. The van der Waals surface area contributed by atoms with E-state index in [1.807, 2.05) is 12.3 Å². The molecule has 0 radical (unpaired) electrons. The van der Waals surface area contributed by atoms with Crippen molar-refractivity contribution >= 4 is 10.9 Å². The monoisotopic (exact) mass is 270 g/mol. The van der Waals surface area contributed by atoms with Gasteiger partial charge in [-0.05, 0) is 24.7 Å². The smallest absolute Gasteiger partial charge is 0.0705 e. The SMILES string of the molecule is CN1CCN(Cc2ccnc3ccccc23)C(CN)C1. The van der Waals surface area contributed by atoms with E-state index in [2.05, 4.69) is 46.1 Å². The molecule has 4 heteroatoms. The molecule has 3 rings (SSSR count). The summed E-state index contributed by atoms with van der Waals surface area (Å²) < 4.78 is 0. The number of pyridine rings is 1. The zero-order valence-electron chi connectivity index (χ0n) is 12.0. The first-order valence-corrected chi connectivity index (χ1v) is 7.23. The Morgan fingerprint density at radius 2 is 2.10 bits per heavy atom. The van der Waals surface area contributed by atoms with Crippen molar-refractivity contribution < 1.29 is 0 Å². The van der Waals surface area contributed by atoms with Crippen LogP contribution in [0.1, 0.15) is 5.56 Å². The quantitative estimate of drug-likeness (QED) is 0.913. The number of nitrogens with two attached hydrogens (primary N) is 1. The zero-order valence-corrected chi connectivity index (χ0v) is 12.0. The van der Waals surface area contributed by atoms with Crippen molar-refractivity contribution in [1.82, 2.24) is 14.8 Å². The average molecular weight is 270 g/mol. The van der Waals surface area contributed by atoms with E-state index in [0.29, 0.717) is 12.6 Å². The molecule has 1 aliphatic heterocycles. The Balaban J connectivity index is 1.85. The summed E-state index contributed by atoms with van der Waals surface area (Å²) in [5.74, 6) is 0. The molecule has 106 valence electrons. The number of hydrogen-bond acceptors (Lipinski definition) is 4. The van der Waals surface area contributed by atoms with Gasteiger partial charge in [0.2, 0.25) is 0 Å². The minimum atomic E-state index is 0.445. The van der Waals surface area contributed by atoms with Gasteiger partial charge in [0.25, 0.3) is 0 Å². The van der Waals surface area contributed by atoms with Crippen molar-refractivity contribution in [3.63, 3.8) is 0 Å². The Labute approximate surface area is 120 Å². The predicted octanol–water partition coefficient (Wildman–Crippen LogP) is 1.31. The molecule has 0 amide bonds. The summed E-state index contributed by atoms with van der Waals surface area (Å²) in [6, 6.07) is 10.9. The molecular weight excluding hydrogens is 248 g/mol.